The van der Waals surface area contributed by atoms with Crippen LogP contribution in [0.15, 0.2) is 18.2 Å². The van der Waals surface area contributed by atoms with Crippen LogP contribution in [0.4, 0.5) is 0 Å². The summed E-state index contributed by atoms with van der Waals surface area (Å²) in [5.41, 5.74) is 5.37. The van der Waals surface area contributed by atoms with Gasteiger partial charge in [-0.1, -0.05) is 51.8 Å². The molecule has 0 heterocycles. The Morgan fingerprint density at radius 2 is 1.67 bits per heavy atom. The molecule has 1 aromatic rings. The van der Waals surface area contributed by atoms with E-state index in [0.29, 0.717) is 10.8 Å². The van der Waals surface area contributed by atoms with Crippen LogP contribution in [0, 0.1) is 19.3 Å². The van der Waals surface area contributed by atoms with Gasteiger partial charge in [0.2, 0.25) is 0 Å². The van der Waals surface area contributed by atoms with Crippen LogP contribution in [0.25, 0.3) is 0 Å². The lowest BCUT2D eigenvalue weighted by Gasteiger charge is -2.57. The number of nitrogens with one attached hydrogen (secondary N) is 1. The third kappa shape index (κ3) is 3.18. The monoisotopic (exact) mass is 287 g/mol. The molecule has 0 saturated heterocycles. The smallest absolute Gasteiger partial charge is 0.00884 e. The lowest BCUT2D eigenvalue weighted by atomic mass is 9.48. The Bertz CT molecular complexity index is 463. The van der Waals surface area contributed by atoms with Crippen molar-refractivity contribution in [2.75, 3.05) is 13.1 Å². The summed E-state index contributed by atoms with van der Waals surface area (Å²) in [6.07, 6.45) is 6.57. The van der Waals surface area contributed by atoms with Gasteiger partial charge in [-0.25, -0.2) is 0 Å². The zero-order valence-corrected chi connectivity index (χ0v) is 14.7. The molecule has 0 unspecified atom stereocenters. The van der Waals surface area contributed by atoms with E-state index in [2.05, 4.69) is 58.1 Å². The third-order valence-corrected chi connectivity index (χ3v) is 5.94. The highest BCUT2D eigenvalue weighted by Crippen LogP contribution is 2.59. The van der Waals surface area contributed by atoms with E-state index in [-0.39, 0.29) is 0 Å². The summed E-state index contributed by atoms with van der Waals surface area (Å²) in [7, 11) is 0. The van der Waals surface area contributed by atoms with Crippen LogP contribution in [0.2, 0.25) is 0 Å². The van der Waals surface area contributed by atoms with Gasteiger partial charge in [0.15, 0.2) is 0 Å². The minimum absolute atomic E-state index is 0.375. The quantitative estimate of drug-likeness (QED) is 0.685. The van der Waals surface area contributed by atoms with Crippen LogP contribution in [0.3, 0.4) is 0 Å². The molecule has 1 nitrogen and oxygen atoms in total. The molecule has 0 aliphatic heterocycles. The van der Waals surface area contributed by atoms with Crippen molar-refractivity contribution >= 4 is 0 Å². The van der Waals surface area contributed by atoms with E-state index >= 15 is 0 Å². The molecule has 0 radical (unpaired) electrons. The summed E-state index contributed by atoms with van der Waals surface area (Å²) in [6, 6.07) is 7.13. The Kier molecular flexibility index (Phi) is 5.14. The lowest BCUT2D eigenvalue weighted by molar-refractivity contribution is 0.0130. The number of hydrogen-bond acceptors (Lipinski definition) is 1. The van der Waals surface area contributed by atoms with Gasteiger partial charge in [-0.3, -0.25) is 0 Å². The summed E-state index contributed by atoms with van der Waals surface area (Å²) in [5, 5.41) is 3.70. The molecule has 0 bridgehead atoms. The molecule has 1 aromatic carbocycles. The summed E-state index contributed by atoms with van der Waals surface area (Å²) in [4.78, 5) is 0. The van der Waals surface area contributed by atoms with Crippen molar-refractivity contribution in [3.05, 3.63) is 34.9 Å². The van der Waals surface area contributed by atoms with Gasteiger partial charge in [-0.2, -0.15) is 0 Å². The molecular weight excluding hydrogens is 254 g/mol. The SMILES string of the molecule is CCCNCC1(c2ccc(C)c(C)c2)CC(CC)(CC)C1. The van der Waals surface area contributed by atoms with Gasteiger partial charge in [-0.05, 0) is 61.8 Å². The summed E-state index contributed by atoms with van der Waals surface area (Å²) >= 11 is 0. The number of benzene rings is 1. The van der Waals surface area contributed by atoms with Gasteiger partial charge in [0.05, 0.1) is 0 Å². The molecule has 1 saturated carbocycles. The van der Waals surface area contributed by atoms with Gasteiger partial charge in [0.1, 0.15) is 0 Å². The molecule has 0 spiro atoms. The first-order valence-electron chi connectivity index (χ1n) is 8.79. The average Bonchev–Trinajstić information content (AvgIpc) is 2.45. The zero-order chi connectivity index (χ0) is 15.5. The van der Waals surface area contributed by atoms with Gasteiger partial charge >= 0.3 is 0 Å². The maximum atomic E-state index is 3.70. The van der Waals surface area contributed by atoms with Crippen LogP contribution in [0.1, 0.15) is 69.6 Å². The summed E-state index contributed by atoms with van der Waals surface area (Å²) in [6.45, 7) is 13.7. The maximum absolute atomic E-state index is 3.70. The van der Waals surface area contributed by atoms with Crippen LogP contribution < -0.4 is 5.32 Å². The predicted octanol–water partition coefficient (Wildman–Crippen LogP) is 5.14. The third-order valence-electron chi connectivity index (χ3n) is 5.94. The van der Waals surface area contributed by atoms with E-state index in [4.69, 9.17) is 0 Å². The molecular formula is C20H33N. The molecule has 0 atom stereocenters. The second-order valence-corrected chi connectivity index (χ2v) is 7.32. The molecule has 1 aliphatic carbocycles. The second-order valence-electron chi connectivity index (χ2n) is 7.32. The fourth-order valence-electron chi connectivity index (χ4n) is 4.14. The minimum Gasteiger partial charge on any atom is -0.316 e. The van der Waals surface area contributed by atoms with E-state index in [1.54, 1.807) is 5.56 Å². The largest absolute Gasteiger partial charge is 0.316 e. The molecule has 1 fully saturated rings. The Hall–Kier alpha value is -0.820. The van der Waals surface area contributed by atoms with Crippen molar-refractivity contribution in [1.29, 1.82) is 0 Å². The Morgan fingerprint density at radius 3 is 2.19 bits per heavy atom. The average molecular weight is 287 g/mol. The molecule has 1 N–H and O–H groups in total. The molecule has 118 valence electrons. The standard InChI is InChI=1S/C20H33N/c1-6-11-21-15-20(13-19(7-2,8-3)14-20)18-10-9-16(4)17(5)12-18/h9-10,12,21H,6-8,11,13-15H2,1-5H3. The van der Waals surface area contributed by atoms with Crippen molar-refractivity contribution < 1.29 is 0 Å². The fourth-order valence-corrected chi connectivity index (χ4v) is 4.14. The Morgan fingerprint density at radius 1 is 1.00 bits per heavy atom. The van der Waals surface area contributed by atoms with Crippen LogP contribution in [-0.4, -0.2) is 13.1 Å². The van der Waals surface area contributed by atoms with Crippen LogP contribution in [-0.2, 0) is 5.41 Å². The summed E-state index contributed by atoms with van der Waals surface area (Å²) < 4.78 is 0. The van der Waals surface area contributed by atoms with E-state index in [1.807, 2.05) is 0 Å². The van der Waals surface area contributed by atoms with Crippen molar-refractivity contribution in [2.45, 2.75) is 72.1 Å². The molecule has 1 heteroatoms. The number of hydrogen-bond donors (Lipinski definition) is 1. The van der Waals surface area contributed by atoms with Gasteiger partial charge in [0, 0.05) is 12.0 Å². The Labute approximate surface area is 131 Å². The molecule has 0 aromatic heterocycles. The zero-order valence-electron chi connectivity index (χ0n) is 14.7. The van der Waals surface area contributed by atoms with Gasteiger partial charge in [-0.15, -0.1) is 0 Å². The van der Waals surface area contributed by atoms with Gasteiger partial charge < -0.3 is 5.32 Å². The van der Waals surface area contributed by atoms with E-state index < -0.39 is 0 Å². The molecule has 2 rings (SSSR count). The fraction of sp³-hybridized carbons (Fsp3) is 0.700. The van der Waals surface area contributed by atoms with Crippen LogP contribution >= 0.6 is 0 Å². The predicted molar refractivity (Wildman–Crippen MR) is 93.0 cm³/mol. The highest BCUT2D eigenvalue weighted by Gasteiger charge is 2.52. The van der Waals surface area contributed by atoms with Crippen LogP contribution in [0.5, 0.6) is 0 Å². The highest BCUT2D eigenvalue weighted by atomic mass is 14.9. The van der Waals surface area contributed by atoms with E-state index in [0.717, 1.165) is 13.1 Å². The Balaban J connectivity index is 2.23. The lowest BCUT2D eigenvalue weighted by Crippen LogP contribution is -2.54. The summed E-state index contributed by atoms with van der Waals surface area (Å²) in [5.74, 6) is 0. The normalized spacial score (nSPS) is 19.3. The first-order valence-corrected chi connectivity index (χ1v) is 8.79. The topological polar surface area (TPSA) is 12.0 Å². The molecule has 0 amide bonds. The minimum atomic E-state index is 0.375. The van der Waals surface area contributed by atoms with Crippen molar-refractivity contribution in [3.8, 4) is 0 Å². The highest BCUT2D eigenvalue weighted by molar-refractivity contribution is 5.38. The van der Waals surface area contributed by atoms with Crippen molar-refractivity contribution in [2.24, 2.45) is 5.41 Å². The van der Waals surface area contributed by atoms with E-state index in [1.165, 1.54) is 43.2 Å². The molecule has 21 heavy (non-hydrogen) atoms. The number of rotatable bonds is 7. The first kappa shape index (κ1) is 16.5. The number of aryl methyl sites for hydroxylation is 2. The maximum Gasteiger partial charge on any atom is 0.00884 e. The first-order chi connectivity index (χ1) is 10.0. The van der Waals surface area contributed by atoms with E-state index in [9.17, 15) is 0 Å². The van der Waals surface area contributed by atoms with Crippen molar-refractivity contribution in [1.82, 2.24) is 5.32 Å². The molecule has 1 aliphatic rings. The van der Waals surface area contributed by atoms with Crippen molar-refractivity contribution in [3.63, 3.8) is 0 Å². The van der Waals surface area contributed by atoms with Gasteiger partial charge in [0.25, 0.3) is 0 Å². The second kappa shape index (κ2) is 6.52.